The van der Waals surface area contributed by atoms with E-state index in [9.17, 15) is 9.90 Å². The molecule has 1 fully saturated rings. The standard InChI is InChI=1S/C15H20BrNO3/c1-20-15-6-5-11(8-13(15)16)14(19)9-17-7-3-2-4-12(17)10-18/h5-6,8,12,18H,2-4,7,9-10H2,1H3. The molecule has 0 bridgehead atoms. The zero-order valence-corrected chi connectivity index (χ0v) is 13.2. The van der Waals surface area contributed by atoms with Crippen LogP contribution in [0.3, 0.4) is 0 Å². The number of nitrogens with zero attached hydrogens (tertiary/aromatic N) is 1. The Bertz CT molecular complexity index is 478. The summed E-state index contributed by atoms with van der Waals surface area (Å²) in [5.74, 6) is 0.793. The smallest absolute Gasteiger partial charge is 0.176 e. The SMILES string of the molecule is COc1ccc(C(=O)CN2CCCCC2CO)cc1Br. The topological polar surface area (TPSA) is 49.8 Å². The van der Waals surface area contributed by atoms with E-state index in [1.165, 1.54) is 0 Å². The molecule has 0 aliphatic carbocycles. The highest BCUT2D eigenvalue weighted by Gasteiger charge is 2.24. The summed E-state index contributed by atoms with van der Waals surface area (Å²) in [4.78, 5) is 14.4. The number of halogens is 1. The maximum Gasteiger partial charge on any atom is 0.176 e. The molecule has 1 heterocycles. The quantitative estimate of drug-likeness (QED) is 0.836. The largest absolute Gasteiger partial charge is 0.496 e. The highest BCUT2D eigenvalue weighted by atomic mass is 79.9. The van der Waals surface area contributed by atoms with Crippen molar-refractivity contribution in [3.8, 4) is 5.75 Å². The van der Waals surface area contributed by atoms with Gasteiger partial charge in [-0.15, -0.1) is 0 Å². The third kappa shape index (κ3) is 3.59. The molecule has 0 radical (unpaired) electrons. The number of aliphatic hydroxyl groups is 1. The second-order valence-corrected chi connectivity index (χ2v) is 5.93. The maximum atomic E-state index is 12.3. The number of hydrogen-bond donors (Lipinski definition) is 1. The van der Waals surface area contributed by atoms with Crippen LogP contribution in [0.1, 0.15) is 29.6 Å². The number of benzene rings is 1. The van der Waals surface area contributed by atoms with Crippen LogP contribution < -0.4 is 4.74 Å². The molecule has 110 valence electrons. The summed E-state index contributed by atoms with van der Waals surface area (Å²) in [6.45, 7) is 1.37. The Balaban J connectivity index is 2.05. The molecule has 1 aliphatic rings. The zero-order chi connectivity index (χ0) is 14.5. The highest BCUT2D eigenvalue weighted by molar-refractivity contribution is 9.10. The molecular formula is C15H20BrNO3. The third-order valence-electron chi connectivity index (χ3n) is 3.78. The van der Waals surface area contributed by atoms with Crippen LogP contribution in [-0.2, 0) is 0 Å². The predicted octanol–water partition coefficient (Wildman–Crippen LogP) is 2.49. The van der Waals surface area contributed by atoms with E-state index >= 15 is 0 Å². The Morgan fingerprint density at radius 1 is 1.50 bits per heavy atom. The van der Waals surface area contributed by atoms with E-state index in [1.807, 2.05) is 0 Å². The first-order valence-electron chi connectivity index (χ1n) is 6.87. The van der Waals surface area contributed by atoms with E-state index in [-0.39, 0.29) is 18.4 Å². The van der Waals surface area contributed by atoms with Crippen LogP contribution >= 0.6 is 15.9 Å². The van der Waals surface area contributed by atoms with Crippen molar-refractivity contribution < 1.29 is 14.6 Å². The molecule has 1 saturated heterocycles. The first-order valence-corrected chi connectivity index (χ1v) is 7.66. The molecule has 0 saturated carbocycles. The number of carbonyl (C=O) groups excluding carboxylic acids is 1. The fraction of sp³-hybridized carbons (Fsp3) is 0.533. The van der Waals surface area contributed by atoms with E-state index in [0.29, 0.717) is 17.9 Å². The number of carbonyl (C=O) groups is 1. The average molecular weight is 342 g/mol. The van der Waals surface area contributed by atoms with Crippen molar-refractivity contribution in [3.63, 3.8) is 0 Å². The number of ether oxygens (including phenoxy) is 1. The minimum atomic E-state index is 0.0775. The third-order valence-corrected chi connectivity index (χ3v) is 4.40. The van der Waals surface area contributed by atoms with Crippen molar-refractivity contribution in [2.45, 2.75) is 25.3 Å². The van der Waals surface area contributed by atoms with Crippen LogP contribution in [0.25, 0.3) is 0 Å². The normalized spacial score (nSPS) is 19.9. The van der Waals surface area contributed by atoms with Gasteiger partial charge in [0.15, 0.2) is 5.78 Å². The summed E-state index contributed by atoms with van der Waals surface area (Å²) in [7, 11) is 1.60. The van der Waals surface area contributed by atoms with Crippen LogP contribution in [0, 0.1) is 0 Å². The average Bonchev–Trinajstić information content (AvgIpc) is 2.47. The number of Topliss-reactive ketones (excluding diaryl/α,β-unsaturated/α-hetero) is 1. The number of methoxy groups -OCH3 is 1. The van der Waals surface area contributed by atoms with Gasteiger partial charge in [-0.05, 0) is 53.5 Å². The highest BCUT2D eigenvalue weighted by Crippen LogP contribution is 2.26. The second-order valence-electron chi connectivity index (χ2n) is 5.08. The van der Waals surface area contributed by atoms with E-state index in [4.69, 9.17) is 4.74 Å². The van der Waals surface area contributed by atoms with Gasteiger partial charge in [0, 0.05) is 11.6 Å². The predicted molar refractivity (Wildman–Crippen MR) is 81.3 cm³/mol. The van der Waals surface area contributed by atoms with E-state index in [1.54, 1.807) is 25.3 Å². The van der Waals surface area contributed by atoms with E-state index < -0.39 is 0 Å². The summed E-state index contributed by atoms with van der Waals surface area (Å²) < 4.78 is 5.94. The molecule has 1 aromatic carbocycles. The molecule has 1 aliphatic heterocycles. The molecule has 20 heavy (non-hydrogen) atoms. The molecule has 1 atom stereocenters. The van der Waals surface area contributed by atoms with Gasteiger partial charge in [-0.1, -0.05) is 6.42 Å². The molecule has 0 amide bonds. The van der Waals surface area contributed by atoms with Gasteiger partial charge in [-0.3, -0.25) is 9.69 Å². The fourth-order valence-electron chi connectivity index (χ4n) is 2.59. The van der Waals surface area contributed by atoms with Crippen molar-refractivity contribution in [2.75, 3.05) is 26.8 Å². The Hall–Kier alpha value is -0.910. The number of hydrogen-bond acceptors (Lipinski definition) is 4. The number of rotatable bonds is 5. The van der Waals surface area contributed by atoms with Crippen molar-refractivity contribution in [3.05, 3.63) is 28.2 Å². The summed E-state index contributed by atoms with van der Waals surface area (Å²) in [5.41, 5.74) is 0.667. The van der Waals surface area contributed by atoms with Crippen molar-refractivity contribution in [1.29, 1.82) is 0 Å². The van der Waals surface area contributed by atoms with Gasteiger partial charge in [0.2, 0.25) is 0 Å². The summed E-state index contributed by atoms with van der Waals surface area (Å²) in [5, 5.41) is 9.38. The summed E-state index contributed by atoms with van der Waals surface area (Å²) in [6, 6.07) is 5.48. The minimum Gasteiger partial charge on any atom is -0.496 e. The number of likely N-dealkylation sites (tertiary alicyclic amines) is 1. The molecule has 0 spiro atoms. The van der Waals surface area contributed by atoms with Gasteiger partial charge in [0.05, 0.1) is 24.7 Å². The molecular weight excluding hydrogens is 322 g/mol. The van der Waals surface area contributed by atoms with E-state index in [0.717, 1.165) is 30.3 Å². The van der Waals surface area contributed by atoms with Crippen molar-refractivity contribution >= 4 is 21.7 Å². The molecule has 1 aromatic rings. The van der Waals surface area contributed by atoms with E-state index in [2.05, 4.69) is 20.8 Å². The Kier molecular flexibility index (Phi) is 5.57. The van der Waals surface area contributed by atoms with Gasteiger partial charge >= 0.3 is 0 Å². The first-order chi connectivity index (χ1) is 9.65. The zero-order valence-electron chi connectivity index (χ0n) is 11.6. The van der Waals surface area contributed by atoms with Crippen LogP contribution in [0.2, 0.25) is 0 Å². The molecule has 5 heteroatoms. The molecule has 1 N–H and O–H groups in total. The fourth-order valence-corrected chi connectivity index (χ4v) is 3.13. The lowest BCUT2D eigenvalue weighted by molar-refractivity contribution is 0.0711. The van der Waals surface area contributed by atoms with Gasteiger partial charge in [0.1, 0.15) is 5.75 Å². The van der Waals surface area contributed by atoms with Gasteiger partial charge < -0.3 is 9.84 Å². The molecule has 4 nitrogen and oxygen atoms in total. The maximum absolute atomic E-state index is 12.3. The Labute approximate surface area is 127 Å². The number of aliphatic hydroxyl groups excluding tert-OH is 1. The van der Waals surface area contributed by atoms with Crippen LogP contribution in [-0.4, -0.2) is 48.6 Å². The molecule has 1 unspecified atom stereocenters. The summed E-state index contributed by atoms with van der Waals surface area (Å²) in [6.07, 6.45) is 3.19. The molecule has 0 aromatic heterocycles. The lowest BCUT2D eigenvalue weighted by Gasteiger charge is -2.33. The van der Waals surface area contributed by atoms with Crippen molar-refractivity contribution in [2.24, 2.45) is 0 Å². The number of ketones is 1. The Morgan fingerprint density at radius 2 is 2.30 bits per heavy atom. The van der Waals surface area contributed by atoms with Gasteiger partial charge in [-0.2, -0.15) is 0 Å². The lowest BCUT2D eigenvalue weighted by Crippen LogP contribution is -2.44. The second kappa shape index (κ2) is 7.20. The lowest BCUT2D eigenvalue weighted by atomic mass is 10.0. The van der Waals surface area contributed by atoms with Crippen molar-refractivity contribution in [1.82, 2.24) is 4.90 Å². The van der Waals surface area contributed by atoms with Gasteiger partial charge in [0.25, 0.3) is 0 Å². The van der Waals surface area contributed by atoms with Crippen LogP contribution in [0.4, 0.5) is 0 Å². The molecule has 2 rings (SSSR count). The monoisotopic (exact) mass is 341 g/mol. The first kappa shape index (κ1) is 15.5. The van der Waals surface area contributed by atoms with Crippen LogP contribution in [0.15, 0.2) is 22.7 Å². The summed E-state index contributed by atoms with van der Waals surface area (Å²) >= 11 is 3.40. The van der Waals surface area contributed by atoms with Crippen LogP contribution in [0.5, 0.6) is 5.75 Å². The Morgan fingerprint density at radius 3 is 2.95 bits per heavy atom. The minimum absolute atomic E-state index is 0.0775. The van der Waals surface area contributed by atoms with Gasteiger partial charge in [-0.25, -0.2) is 0 Å². The number of piperidine rings is 1.